The van der Waals surface area contributed by atoms with Gasteiger partial charge in [-0.05, 0) is 25.1 Å². The smallest absolute Gasteiger partial charge is 0.248 e. The fourth-order valence-electron chi connectivity index (χ4n) is 1.46. The third-order valence-corrected chi connectivity index (χ3v) is 2.25. The largest absolute Gasteiger partial charge is 0.366 e. The maximum atomic E-state index is 11.0. The first-order valence-electron chi connectivity index (χ1n) is 4.47. The second-order valence-electron chi connectivity index (χ2n) is 3.10. The van der Waals surface area contributed by atoms with Crippen LogP contribution in [0.4, 0.5) is 0 Å². The Balaban J connectivity index is 2.67. The molecule has 0 spiro atoms. The van der Waals surface area contributed by atoms with Gasteiger partial charge < -0.3 is 10.3 Å². The molecule has 0 saturated heterocycles. The molecule has 1 aromatic carbocycles. The predicted octanol–water partition coefficient (Wildman–Crippen LogP) is 1.16. The van der Waals surface area contributed by atoms with E-state index in [0.29, 0.717) is 5.56 Å². The zero-order chi connectivity index (χ0) is 10.1. The summed E-state index contributed by atoms with van der Waals surface area (Å²) in [5.74, 6) is -0.407. The summed E-state index contributed by atoms with van der Waals surface area (Å²) in [6.07, 6.45) is 1.76. The molecule has 0 bridgehead atoms. The summed E-state index contributed by atoms with van der Waals surface area (Å²) < 4.78 is 1.97. The van der Waals surface area contributed by atoms with Crippen molar-refractivity contribution in [1.29, 1.82) is 0 Å². The number of aryl methyl sites for hydroxylation is 1. The van der Waals surface area contributed by atoms with Crippen molar-refractivity contribution < 1.29 is 4.79 Å². The van der Waals surface area contributed by atoms with Crippen LogP contribution in [0.5, 0.6) is 0 Å². The van der Waals surface area contributed by atoms with E-state index in [1.54, 1.807) is 18.5 Å². The fraction of sp³-hybridized carbons (Fsp3) is 0.200. The maximum absolute atomic E-state index is 11.0. The van der Waals surface area contributed by atoms with Gasteiger partial charge in [-0.3, -0.25) is 4.79 Å². The molecule has 0 saturated carbocycles. The lowest BCUT2D eigenvalue weighted by molar-refractivity contribution is 0.100. The van der Waals surface area contributed by atoms with Gasteiger partial charge in [-0.15, -0.1) is 0 Å². The average molecular weight is 189 g/mol. The second-order valence-corrected chi connectivity index (χ2v) is 3.10. The van der Waals surface area contributed by atoms with Gasteiger partial charge >= 0.3 is 0 Å². The number of hydrogen-bond acceptors (Lipinski definition) is 2. The Bertz CT molecular complexity index is 487. The first-order valence-corrected chi connectivity index (χ1v) is 4.47. The molecule has 0 aliphatic rings. The Kier molecular flexibility index (Phi) is 1.96. The first-order chi connectivity index (χ1) is 6.72. The molecular formula is C10H11N3O. The van der Waals surface area contributed by atoms with Gasteiger partial charge in [0.05, 0.1) is 17.4 Å². The SMILES string of the molecule is CCn1cnc2ccc(C(N)=O)cc21. The van der Waals surface area contributed by atoms with Crippen LogP contribution in [0.3, 0.4) is 0 Å². The summed E-state index contributed by atoms with van der Waals surface area (Å²) in [6, 6.07) is 5.27. The highest BCUT2D eigenvalue weighted by molar-refractivity contribution is 5.96. The Morgan fingerprint density at radius 2 is 2.36 bits per heavy atom. The van der Waals surface area contributed by atoms with Crippen molar-refractivity contribution >= 4 is 16.9 Å². The molecule has 0 atom stereocenters. The number of carbonyl (C=O) groups excluding carboxylic acids is 1. The molecule has 72 valence electrons. The van der Waals surface area contributed by atoms with Gasteiger partial charge in [0.15, 0.2) is 0 Å². The van der Waals surface area contributed by atoms with Crippen LogP contribution in [0.2, 0.25) is 0 Å². The molecule has 0 unspecified atom stereocenters. The molecular weight excluding hydrogens is 178 g/mol. The molecule has 2 N–H and O–H groups in total. The zero-order valence-electron chi connectivity index (χ0n) is 7.90. The van der Waals surface area contributed by atoms with Crippen molar-refractivity contribution in [2.75, 3.05) is 0 Å². The standard InChI is InChI=1S/C10H11N3O/c1-2-13-6-12-8-4-3-7(10(11)14)5-9(8)13/h3-6H,2H2,1H3,(H2,11,14). The number of aromatic nitrogens is 2. The number of rotatable bonds is 2. The van der Waals surface area contributed by atoms with Crippen molar-refractivity contribution in [1.82, 2.24) is 9.55 Å². The lowest BCUT2D eigenvalue weighted by Crippen LogP contribution is -2.10. The number of nitrogens with two attached hydrogens (primary N) is 1. The summed E-state index contributed by atoms with van der Waals surface area (Å²) >= 11 is 0. The lowest BCUT2D eigenvalue weighted by Gasteiger charge is -1.99. The van der Waals surface area contributed by atoms with E-state index in [9.17, 15) is 4.79 Å². The monoisotopic (exact) mass is 189 g/mol. The van der Waals surface area contributed by atoms with Gasteiger partial charge in [-0.25, -0.2) is 4.98 Å². The second kappa shape index (κ2) is 3.14. The highest BCUT2D eigenvalue weighted by Crippen LogP contribution is 2.14. The van der Waals surface area contributed by atoms with E-state index < -0.39 is 5.91 Å². The minimum absolute atomic E-state index is 0.407. The average Bonchev–Trinajstić information content (AvgIpc) is 2.59. The molecule has 1 aromatic heterocycles. The predicted molar refractivity (Wildman–Crippen MR) is 53.9 cm³/mol. The molecule has 0 fully saturated rings. The van der Waals surface area contributed by atoms with Crippen LogP contribution < -0.4 is 5.73 Å². The Morgan fingerprint density at radius 3 is 3.00 bits per heavy atom. The van der Waals surface area contributed by atoms with E-state index in [1.807, 2.05) is 17.6 Å². The highest BCUT2D eigenvalue weighted by atomic mass is 16.1. The van der Waals surface area contributed by atoms with Crippen LogP contribution in [0.25, 0.3) is 11.0 Å². The summed E-state index contributed by atoms with van der Waals surface area (Å²) in [7, 11) is 0. The third-order valence-electron chi connectivity index (χ3n) is 2.25. The molecule has 4 nitrogen and oxygen atoms in total. The minimum atomic E-state index is -0.407. The van der Waals surface area contributed by atoms with Crippen molar-refractivity contribution in [3.8, 4) is 0 Å². The number of amides is 1. The van der Waals surface area contributed by atoms with Crippen LogP contribution >= 0.6 is 0 Å². The van der Waals surface area contributed by atoms with Crippen molar-refractivity contribution in [3.05, 3.63) is 30.1 Å². The molecule has 0 radical (unpaired) electrons. The summed E-state index contributed by atoms with van der Waals surface area (Å²) in [4.78, 5) is 15.2. The topological polar surface area (TPSA) is 60.9 Å². The van der Waals surface area contributed by atoms with E-state index in [2.05, 4.69) is 4.98 Å². The van der Waals surface area contributed by atoms with Gasteiger partial charge in [0.2, 0.25) is 5.91 Å². The van der Waals surface area contributed by atoms with E-state index in [4.69, 9.17) is 5.73 Å². The highest BCUT2D eigenvalue weighted by Gasteiger charge is 2.05. The number of nitrogens with zero attached hydrogens (tertiary/aromatic N) is 2. The number of hydrogen-bond donors (Lipinski definition) is 1. The fourth-order valence-corrected chi connectivity index (χ4v) is 1.46. The number of primary amides is 1. The molecule has 0 aliphatic carbocycles. The Hall–Kier alpha value is -1.84. The van der Waals surface area contributed by atoms with Crippen molar-refractivity contribution in [2.45, 2.75) is 13.5 Å². The van der Waals surface area contributed by atoms with Gasteiger partial charge in [0.1, 0.15) is 0 Å². The molecule has 2 aromatic rings. The molecule has 4 heteroatoms. The molecule has 2 rings (SSSR count). The Morgan fingerprint density at radius 1 is 1.57 bits per heavy atom. The summed E-state index contributed by atoms with van der Waals surface area (Å²) in [5.41, 5.74) is 7.55. The normalized spacial score (nSPS) is 10.6. The van der Waals surface area contributed by atoms with E-state index >= 15 is 0 Å². The summed E-state index contributed by atoms with van der Waals surface area (Å²) in [6.45, 7) is 2.86. The lowest BCUT2D eigenvalue weighted by atomic mass is 10.2. The Labute approximate surface area is 81.3 Å². The van der Waals surface area contributed by atoms with E-state index in [-0.39, 0.29) is 0 Å². The summed E-state index contributed by atoms with van der Waals surface area (Å²) in [5, 5.41) is 0. The van der Waals surface area contributed by atoms with E-state index in [1.165, 1.54) is 0 Å². The number of imidazole rings is 1. The third kappa shape index (κ3) is 1.25. The van der Waals surface area contributed by atoms with Crippen LogP contribution in [0.1, 0.15) is 17.3 Å². The van der Waals surface area contributed by atoms with Crippen LogP contribution in [-0.2, 0) is 6.54 Å². The quantitative estimate of drug-likeness (QED) is 0.770. The number of fused-ring (bicyclic) bond motifs is 1. The maximum Gasteiger partial charge on any atom is 0.248 e. The van der Waals surface area contributed by atoms with Gasteiger partial charge in [0, 0.05) is 12.1 Å². The van der Waals surface area contributed by atoms with Crippen molar-refractivity contribution in [2.24, 2.45) is 5.73 Å². The van der Waals surface area contributed by atoms with E-state index in [0.717, 1.165) is 17.6 Å². The van der Waals surface area contributed by atoms with Gasteiger partial charge in [0.25, 0.3) is 0 Å². The first kappa shape index (κ1) is 8.74. The number of benzene rings is 1. The van der Waals surface area contributed by atoms with Crippen LogP contribution in [-0.4, -0.2) is 15.5 Å². The minimum Gasteiger partial charge on any atom is -0.366 e. The number of carbonyl (C=O) groups is 1. The van der Waals surface area contributed by atoms with Gasteiger partial charge in [-0.1, -0.05) is 0 Å². The van der Waals surface area contributed by atoms with Crippen LogP contribution in [0.15, 0.2) is 24.5 Å². The molecule has 1 heterocycles. The molecule has 14 heavy (non-hydrogen) atoms. The van der Waals surface area contributed by atoms with Crippen LogP contribution in [0, 0.1) is 0 Å². The van der Waals surface area contributed by atoms with Gasteiger partial charge in [-0.2, -0.15) is 0 Å². The zero-order valence-corrected chi connectivity index (χ0v) is 7.90. The van der Waals surface area contributed by atoms with Crippen molar-refractivity contribution in [3.63, 3.8) is 0 Å². The molecule has 1 amide bonds. The molecule has 0 aliphatic heterocycles.